The highest BCUT2D eigenvalue weighted by atomic mass is 79.9. The fourth-order valence-corrected chi connectivity index (χ4v) is 2.96. The first-order chi connectivity index (χ1) is 10.5. The van der Waals surface area contributed by atoms with Crippen molar-refractivity contribution in [2.24, 2.45) is 5.92 Å². The molecule has 1 heterocycles. The third kappa shape index (κ3) is 4.08. The molecule has 1 amide bonds. The number of carbonyl (C=O) groups excluding carboxylic acids is 2. The van der Waals surface area contributed by atoms with Crippen LogP contribution in [0.5, 0.6) is 0 Å². The molecule has 0 bridgehead atoms. The van der Waals surface area contributed by atoms with Gasteiger partial charge in [0.15, 0.2) is 0 Å². The average molecular weight is 370 g/mol. The molecule has 0 N–H and O–H groups in total. The highest BCUT2D eigenvalue weighted by Gasteiger charge is 2.31. The highest BCUT2D eigenvalue weighted by molar-refractivity contribution is 9.10. The monoisotopic (exact) mass is 369 g/mol. The van der Waals surface area contributed by atoms with Gasteiger partial charge in [0.1, 0.15) is 6.54 Å². The van der Waals surface area contributed by atoms with Gasteiger partial charge in [0.25, 0.3) is 0 Å². The zero-order valence-electron chi connectivity index (χ0n) is 12.8. The highest BCUT2D eigenvalue weighted by Crippen LogP contribution is 2.27. The second-order valence-electron chi connectivity index (χ2n) is 5.22. The molecule has 2 rings (SSSR count). The van der Waals surface area contributed by atoms with E-state index in [-0.39, 0.29) is 18.4 Å². The Morgan fingerprint density at radius 2 is 2.23 bits per heavy atom. The second-order valence-corrected chi connectivity index (χ2v) is 6.14. The summed E-state index contributed by atoms with van der Waals surface area (Å²) in [5, 5.41) is 0. The molecule has 1 aliphatic heterocycles. The number of carbonyl (C=O) groups is 2. The first-order valence-corrected chi connectivity index (χ1v) is 8.13. The van der Waals surface area contributed by atoms with Gasteiger partial charge in [-0.05, 0) is 44.0 Å². The van der Waals surface area contributed by atoms with Gasteiger partial charge in [0.05, 0.1) is 19.1 Å². The van der Waals surface area contributed by atoms with Crippen LogP contribution >= 0.6 is 15.9 Å². The molecule has 1 aliphatic rings. The van der Waals surface area contributed by atoms with Crippen LogP contribution in [0.15, 0.2) is 22.7 Å². The van der Waals surface area contributed by atoms with Crippen LogP contribution in [0, 0.1) is 12.8 Å². The van der Waals surface area contributed by atoms with Gasteiger partial charge in [-0.1, -0.05) is 15.9 Å². The van der Waals surface area contributed by atoms with E-state index in [0.29, 0.717) is 26.2 Å². The number of amides is 1. The molecule has 1 saturated heterocycles. The maximum Gasteiger partial charge on any atom is 0.326 e. The van der Waals surface area contributed by atoms with Crippen molar-refractivity contribution in [1.82, 2.24) is 0 Å². The molecule has 0 aliphatic carbocycles. The molecular formula is C16H20BrNO4. The van der Waals surface area contributed by atoms with E-state index in [0.717, 1.165) is 15.7 Å². The van der Waals surface area contributed by atoms with Crippen LogP contribution in [0.4, 0.5) is 5.69 Å². The number of aryl methyl sites for hydroxylation is 1. The Morgan fingerprint density at radius 1 is 1.45 bits per heavy atom. The van der Waals surface area contributed by atoms with Gasteiger partial charge >= 0.3 is 5.97 Å². The number of halogens is 1. The van der Waals surface area contributed by atoms with E-state index in [1.54, 1.807) is 6.92 Å². The summed E-state index contributed by atoms with van der Waals surface area (Å²) in [6, 6.07) is 5.62. The first kappa shape index (κ1) is 17.0. The van der Waals surface area contributed by atoms with Gasteiger partial charge in [0.2, 0.25) is 5.91 Å². The van der Waals surface area contributed by atoms with Crippen molar-refractivity contribution in [1.29, 1.82) is 0 Å². The molecule has 0 aromatic heterocycles. The zero-order valence-corrected chi connectivity index (χ0v) is 14.4. The molecule has 5 nitrogen and oxygen atoms in total. The fraction of sp³-hybridized carbons (Fsp3) is 0.500. The van der Waals surface area contributed by atoms with Gasteiger partial charge in [0, 0.05) is 16.8 Å². The van der Waals surface area contributed by atoms with Gasteiger partial charge in [-0.25, -0.2) is 0 Å². The lowest BCUT2D eigenvalue weighted by Crippen LogP contribution is -2.41. The lowest BCUT2D eigenvalue weighted by atomic mass is 10.1. The Bertz CT molecular complexity index is 555. The minimum atomic E-state index is -0.405. The third-order valence-electron chi connectivity index (χ3n) is 3.59. The Balaban J connectivity index is 2.27. The van der Waals surface area contributed by atoms with E-state index >= 15 is 0 Å². The fourth-order valence-electron chi connectivity index (χ4n) is 2.49. The summed E-state index contributed by atoms with van der Waals surface area (Å²) in [5.74, 6) is -0.689. The summed E-state index contributed by atoms with van der Waals surface area (Å²) in [4.78, 5) is 26.1. The number of hydrogen-bond donors (Lipinski definition) is 0. The lowest BCUT2D eigenvalue weighted by Gasteiger charge is -2.26. The van der Waals surface area contributed by atoms with Gasteiger partial charge in [-0.2, -0.15) is 0 Å². The molecule has 0 spiro atoms. The second kappa shape index (κ2) is 7.74. The minimum Gasteiger partial charge on any atom is -0.465 e. The number of nitrogens with zero attached hydrogens (tertiary/aromatic N) is 1. The van der Waals surface area contributed by atoms with Crippen LogP contribution in [0.2, 0.25) is 0 Å². The number of hydrogen-bond acceptors (Lipinski definition) is 4. The van der Waals surface area contributed by atoms with E-state index < -0.39 is 5.97 Å². The molecule has 1 fully saturated rings. The van der Waals surface area contributed by atoms with Crippen LogP contribution in [0.3, 0.4) is 0 Å². The summed E-state index contributed by atoms with van der Waals surface area (Å²) in [6.45, 7) is 4.88. The number of rotatable bonds is 5. The van der Waals surface area contributed by atoms with Crippen molar-refractivity contribution in [2.45, 2.75) is 20.3 Å². The minimum absolute atomic E-state index is 0.0777. The molecule has 0 saturated carbocycles. The molecule has 1 unspecified atom stereocenters. The number of anilines is 1. The third-order valence-corrected chi connectivity index (χ3v) is 4.08. The van der Waals surface area contributed by atoms with E-state index in [2.05, 4.69) is 15.9 Å². The maximum absolute atomic E-state index is 12.7. The van der Waals surface area contributed by atoms with E-state index in [9.17, 15) is 9.59 Å². The molecule has 1 aromatic carbocycles. The summed E-state index contributed by atoms with van der Waals surface area (Å²) >= 11 is 3.41. The Hall–Kier alpha value is -1.40. The van der Waals surface area contributed by atoms with Crippen molar-refractivity contribution >= 4 is 33.5 Å². The van der Waals surface area contributed by atoms with Gasteiger partial charge in [-0.3, -0.25) is 9.59 Å². The van der Waals surface area contributed by atoms with E-state index in [4.69, 9.17) is 9.47 Å². The van der Waals surface area contributed by atoms with Crippen LogP contribution in [-0.2, 0) is 19.1 Å². The predicted molar refractivity (Wildman–Crippen MR) is 86.8 cm³/mol. The summed E-state index contributed by atoms with van der Waals surface area (Å²) in [7, 11) is 0. The van der Waals surface area contributed by atoms with Crippen LogP contribution < -0.4 is 4.90 Å². The standard InChI is InChI=1S/C16H20BrNO4/c1-3-22-15(19)9-18(16(20)12-6-7-21-10-12)14-5-4-13(17)8-11(14)2/h4-5,8,12H,3,6-7,9-10H2,1-2H3. The van der Waals surface area contributed by atoms with Gasteiger partial charge < -0.3 is 14.4 Å². The van der Waals surface area contributed by atoms with Crippen LogP contribution in [-0.4, -0.2) is 38.2 Å². The molecule has 22 heavy (non-hydrogen) atoms. The number of esters is 1. The van der Waals surface area contributed by atoms with Crippen molar-refractivity contribution < 1.29 is 19.1 Å². The van der Waals surface area contributed by atoms with E-state index in [1.165, 1.54) is 4.90 Å². The molecule has 6 heteroatoms. The molecule has 1 atom stereocenters. The summed E-state index contributed by atoms with van der Waals surface area (Å²) < 4.78 is 11.2. The molecule has 120 valence electrons. The average Bonchev–Trinajstić information content (AvgIpc) is 2.99. The van der Waals surface area contributed by atoms with Gasteiger partial charge in [-0.15, -0.1) is 0 Å². The molecule has 0 radical (unpaired) electrons. The predicted octanol–water partition coefficient (Wildman–Crippen LogP) is 2.69. The van der Waals surface area contributed by atoms with Crippen LogP contribution in [0.1, 0.15) is 18.9 Å². The Labute approximate surface area is 138 Å². The smallest absolute Gasteiger partial charge is 0.326 e. The Kier molecular flexibility index (Phi) is 5.97. The van der Waals surface area contributed by atoms with Crippen molar-refractivity contribution in [3.63, 3.8) is 0 Å². The zero-order chi connectivity index (χ0) is 16.1. The topological polar surface area (TPSA) is 55.8 Å². The normalized spacial score (nSPS) is 17.3. The number of benzene rings is 1. The van der Waals surface area contributed by atoms with Crippen molar-refractivity contribution in [2.75, 3.05) is 31.3 Å². The van der Waals surface area contributed by atoms with Crippen molar-refractivity contribution in [3.05, 3.63) is 28.2 Å². The SMILES string of the molecule is CCOC(=O)CN(C(=O)C1CCOC1)c1ccc(Br)cc1C. The van der Waals surface area contributed by atoms with Crippen LogP contribution in [0.25, 0.3) is 0 Å². The van der Waals surface area contributed by atoms with E-state index in [1.807, 2.05) is 25.1 Å². The molecular weight excluding hydrogens is 350 g/mol. The summed E-state index contributed by atoms with van der Waals surface area (Å²) in [6.07, 6.45) is 0.688. The first-order valence-electron chi connectivity index (χ1n) is 7.33. The maximum atomic E-state index is 12.7. The Morgan fingerprint density at radius 3 is 2.82 bits per heavy atom. The largest absolute Gasteiger partial charge is 0.465 e. The number of ether oxygens (including phenoxy) is 2. The van der Waals surface area contributed by atoms with Crippen molar-refractivity contribution in [3.8, 4) is 0 Å². The quantitative estimate of drug-likeness (QED) is 0.748. The summed E-state index contributed by atoms with van der Waals surface area (Å²) in [5.41, 5.74) is 1.65. The lowest BCUT2D eigenvalue weighted by molar-refractivity contribution is -0.142. The molecule has 1 aromatic rings.